The molecule has 0 aromatic carbocycles. The van der Waals surface area contributed by atoms with E-state index < -0.39 is 0 Å². The first-order chi connectivity index (χ1) is 6.75. The lowest BCUT2D eigenvalue weighted by molar-refractivity contribution is -0.130. The molecule has 1 amide bonds. The van der Waals surface area contributed by atoms with Gasteiger partial charge in [-0.3, -0.25) is 4.79 Å². The maximum absolute atomic E-state index is 11.6. The number of nitrogens with two attached hydrogens (primary N) is 1. The highest BCUT2D eigenvalue weighted by Gasteiger charge is 2.28. The van der Waals surface area contributed by atoms with Crippen molar-refractivity contribution in [2.45, 2.75) is 51.0 Å². The molecule has 0 aromatic rings. The lowest BCUT2D eigenvalue weighted by Crippen LogP contribution is -2.28. The average molecular weight is 198 g/mol. The molecule has 1 rings (SSSR count). The molecule has 1 aliphatic carbocycles. The summed E-state index contributed by atoms with van der Waals surface area (Å²) in [5, 5.41) is 0. The normalized spacial score (nSPS) is 15.6. The summed E-state index contributed by atoms with van der Waals surface area (Å²) in [5.74, 6) is 0.320. The highest BCUT2D eigenvalue weighted by Crippen LogP contribution is 2.26. The van der Waals surface area contributed by atoms with Crippen LogP contribution in [0.5, 0.6) is 0 Å². The number of carbonyl (C=O) groups excluding carboxylic acids is 1. The van der Waals surface area contributed by atoms with Crippen LogP contribution in [0.15, 0.2) is 0 Å². The van der Waals surface area contributed by atoms with Crippen molar-refractivity contribution < 1.29 is 4.79 Å². The van der Waals surface area contributed by atoms with Crippen LogP contribution in [0.25, 0.3) is 0 Å². The van der Waals surface area contributed by atoms with Crippen LogP contribution < -0.4 is 5.73 Å². The summed E-state index contributed by atoms with van der Waals surface area (Å²) in [5.41, 5.74) is 5.39. The summed E-state index contributed by atoms with van der Waals surface area (Å²) in [6.45, 7) is 0.774. The Balaban J connectivity index is 1.97. The zero-order valence-electron chi connectivity index (χ0n) is 9.17. The SMILES string of the molecule is CN(C(=O)CCCCCCN)C1CC1. The second-order valence-corrected chi connectivity index (χ2v) is 4.19. The molecule has 1 saturated carbocycles. The van der Waals surface area contributed by atoms with Gasteiger partial charge in [0.1, 0.15) is 0 Å². The lowest BCUT2D eigenvalue weighted by Gasteiger charge is -2.15. The Hall–Kier alpha value is -0.570. The van der Waals surface area contributed by atoms with E-state index in [0.717, 1.165) is 38.6 Å². The van der Waals surface area contributed by atoms with Crippen LogP contribution >= 0.6 is 0 Å². The minimum absolute atomic E-state index is 0.320. The van der Waals surface area contributed by atoms with Crippen molar-refractivity contribution in [1.82, 2.24) is 4.90 Å². The van der Waals surface area contributed by atoms with E-state index in [4.69, 9.17) is 5.73 Å². The Bertz CT molecular complexity index is 178. The summed E-state index contributed by atoms with van der Waals surface area (Å²) in [6.07, 6.45) is 7.54. The predicted molar refractivity (Wildman–Crippen MR) is 57.9 cm³/mol. The Kier molecular flexibility index (Phi) is 4.94. The summed E-state index contributed by atoms with van der Waals surface area (Å²) >= 11 is 0. The van der Waals surface area contributed by atoms with Crippen LogP contribution in [0, 0.1) is 0 Å². The monoisotopic (exact) mass is 198 g/mol. The molecule has 0 radical (unpaired) electrons. The van der Waals surface area contributed by atoms with Crippen LogP contribution in [-0.2, 0) is 4.79 Å². The third-order valence-electron chi connectivity index (χ3n) is 2.83. The molecule has 14 heavy (non-hydrogen) atoms. The van der Waals surface area contributed by atoms with Crippen molar-refractivity contribution in [3.63, 3.8) is 0 Å². The van der Waals surface area contributed by atoms with E-state index in [9.17, 15) is 4.79 Å². The topological polar surface area (TPSA) is 46.3 Å². The molecule has 1 fully saturated rings. The van der Waals surface area contributed by atoms with Gasteiger partial charge in [0.15, 0.2) is 0 Å². The Morgan fingerprint density at radius 1 is 1.29 bits per heavy atom. The number of hydrogen-bond acceptors (Lipinski definition) is 2. The fraction of sp³-hybridized carbons (Fsp3) is 0.909. The highest BCUT2D eigenvalue weighted by molar-refractivity contribution is 5.76. The van der Waals surface area contributed by atoms with Crippen molar-refractivity contribution in [3.05, 3.63) is 0 Å². The van der Waals surface area contributed by atoms with E-state index in [1.54, 1.807) is 0 Å². The van der Waals surface area contributed by atoms with Crippen molar-refractivity contribution in [1.29, 1.82) is 0 Å². The zero-order valence-corrected chi connectivity index (χ0v) is 9.17. The zero-order chi connectivity index (χ0) is 10.4. The minimum Gasteiger partial charge on any atom is -0.343 e. The van der Waals surface area contributed by atoms with E-state index in [0.29, 0.717) is 11.9 Å². The van der Waals surface area contributed by atoms with E-state index >= 15 is 0 Å². The molecule has 3 nitrogen and oxygen atoms in total. The molecule has 0 unspecified atom stereocenters. The van der Waals surface area contributed by atoms with Gasteiger partial charge in [0, 0.05) is 19.5 Å². The summed E-state index contributed by atoms with van der Waals surface area (Å²) in [6, 6.07) is 0.562. The second kappa shape index (κ2) is 6.02. The third kappa shape index (κ3) is 4.09. The van der Waals surface area contributed by atoms with Gasteiger partial charge < -0.3 is 10.6 Å². The van der Waals surface area contributed by atoms with Gasteiger partial charge in [-0.05, 0) is 32.2 Å². The van der Waals surface area contributed by atoms with Crippen LogP contribution in [-0.4, -0.2) is 30.4 Å². The molecule has 0 saturated heterocycles. The minimum atomic E-state index is 0.320. The number of amides is 1. The Morgan fingerprint density at radius 2 is 1.93 bits per heavy atom. The van der Waals surface area contributed by atoms with Gasteiger partial charge in [-0.15, -0.1) is 0 Å². The molecule has 82 valence electrons. The van der Waals surface area contributed by atoms with Crippen LogP contribution in [0.1, 0.15) is 44.9 Å². The molecular formula is C11H22N2O. The highest BCUT2D eigenvalue weighted by atomic mass is 16.2. The molecule has 0 aromatic heterocycles. The summed E-state index contributed by atoms with van der Waals surface area (Å²) in [7, 11) is 1.93. The number of hydrogen-bond donors (Lipinski definition) is 1. The van der Waals surface area contributed by atoms with Crippen molar-refractivity contribution in [2.24, 2.45) is 5.73 Å². The summed E-state index contributed by atoms with van der Waals surface area (Å²) in [4.78, 5) is 13.5. The van der Waals surface area contributed by atoms with Gasteiger partial charge in [-0.2, -0.15) is 0 Å². The first-order valence-corrected chi connectivity index (χ1v) is 5.71. The molecule has 0 atom stereocenters. The molecule has 0 heterocycles. The Labute approximate surface area is 86.6 Å². The van der Waals surface area contributed by atoms with Crippen molar-refractivity contribution in [3.8, 4) is 0 Å². The van der Waals surface area contributed by atoms with Gasteiger partial charge in [0.25, 0.3) is 0 Å². The molecule has 0 bridgehead atoms. The first-order valence-electron chi connectivity index (χ1n) is 5.71. The number of rotatable bonds is 7. The quantitative estimate of drug-likeness (QED) is 0.630. The van der Waals surface area contributed by atoms with E-state index in [2.05, 4.69) is 0 Å². The van der Waals surface area contributed by atoms with Gasteiger partial charge in [0.2, 0.25) is 5.91 Å². The van der Waals surface area contributed by atoms with Gasteiger partial charge >= 0.3 is 0 Å². The number of carbonyl (C=O) groups is 1. The predicted octanol–water partition coefficient (Wildman–Crippen LogP) is 1.52. The molecule has 0 aliphatic heterocycles. The van der Waals surface area contributed by atoms with Crippen molar-refractivity contribution >= 4 is 5.91 Å². The fourth-order valence-corrected chi connectivity index (χ4v) is 1.62. The maximum atomic E-state index is 11.6. The van der Waals surface area contributed by atoms with Crippen LogP contribution in [0.2, 0.25) is 0 Å². The molecule has 2 N–H and O–H groups in total. The van der Waals surface area contributed by atoms with Crippen LogP contribution in [0.4, 0.5) is 0 Å². The van der Waals surface area contributed by atoms with E-state index in [1.807, 2.05) is 11.9 Å². The number of nitrogens with zero attached hydrogens (tertiary/aromatic N) is 1. The van der Waals surface area contributed by atoms with Crippen LogP contribution in [0.3, 0.4) is 0 Å². The van der Waals surface area contributed by atoms with E-state index in [-0.39, 0.29) is 0 Å². The smallest absolute Gasteiger partial charge is 0.222 e. The largest absolute Gasteiger partial charge is 0.343 e. The van der Waals surface area contributed by atoms with E-state index in [1.165, 1.54) is 12.8 Å². The first kappa shape index (κ1) is 11.5. The average Bonchev–Trinajstić information content (AvgIpc) is 2.99. The van der Waals surface area contributed by atoms with Gasteiger partial charge in [-0.25, -0.2) is 0 Å². The van der Waals surface area contributed by atoms with Crippen molar-refractivity contribution in [2.75, 3.05) is 13.6 Å². The fourth-order valence-electron chi connectivity index (χ4n) is 1.62. The van der Waals surface area contributed by atoms with Gasteiger partial charge in [-0.1, -0.05) is 12.8 Å². The summed E-state index contributed by atoms with van der Waals surface area (Å²) < 4.78 is 0. The van der Waals surface area contributed by atoms with Gasteiger partial charge in [0.05, 0.1) is 0 Å². The molecule has 0 spiro atoms. The lowest BCUT2D eigenvalue weighted by atomic mass is 10.1. The second-order valence-electron chi connectivity index (χ2n) is 4.19. The molecule has 1 aliphatic rings. The molecule has 3 heteroatoms. The number of unbranched alkanes of at least 4 members (excludes halogenated alkanes) is 3. The maximum Gasteiger partial charge on any atom is 0.222 e. The standard InChI is InChI=1S/C11H22N2O/c1-13(10-7-8-10)11(14)6-4-2-3-5-9-12/h10H,2-9,12H2,1H3. The third-order valence-corrected chi connectivity index (χ3v) is 2.83. The molecular weight excluding hydrogens is 176 g/mol. The Morgan fingerprint density at radius 3 is 2.50 bits per heavy atom.